The largest absolute Gasteiger partial charge is 0.456 e. The second kappa shape index (κ2) is 18.5. The van der Waals surface area contributed by atoms with Gasteiger partial charge in [-0.2, -0.15) is 0 Å². The number of benzene rings is 1. The molecule has 1 saturated heterocycles. The van der Waals surface area contributed by atoms with Gasteiger partial charge in [-0.1, -0.05) is 81.9 Å². The molecule has 12 heteroatoms. The van der Waals surface area contributed by atoms with E-state index >= 15 is 0 Å². The fourth-order valence-corrected chi connectivity index (χ4v) is 8.35. The summed E-state index contributed by atoms with van der Waals surface area (Å²) in [6.45, 7) is 20.0. The molecule has 4 aliphatic rings. The predicted octanol–water partition coefficient (Wildman–Crippen LogP) is 8.91. The summed E-state index contributed by atoms with van der Waals surface area (Å²) >= 11 is 0. The van der Waals surface area contributed by atoms with Crippen LogP contribution in [0.4, 0.5) is 5.69 Å². The number of non-ortho nitro benzene ring substituents is 1. The van der Waals surface area contributed by atoms with Crippen molar-refractivity contribution in [3.8, 4) is 0 Å². The molecule has 4 heterocycles. The molecule has 1 aromatic carbocycles. The molecule has 1 aromatic rings. The van der Waals surface area contributed by atoms with Gasteiger partial charge in [0.15, 0.2) is 8.32 Å². The molecule has 0 aliphatic carbocycles. The summed E-state index contributed by atoms with van der Waals surface area (Å²) in [5.41, 5.74) is 2.24. The van der Waals surface area contributed by atoms with Crippen LogP contribution >= 0.6 is 0 Å². The number of ether oxygens (including phenoxy) is 5. The number of esters is 2. The Morgan fingerprint density at radius 1 is 1.07 bits per heavy atom. The monoisotopic (exact) mass is 777 g/mol. The maximum Gasteiger partial charge on any atom is 0.338 e. The third-order valence-electron chi connectivity index (χ3n) is 11.2. The van der Waals surface area contributed by atoms with Crippen molar-refractivity contribution in [2.75, 3.05) is 6.61 Å². The van der Waals surface area contributed by atoms with E-state index in [4.69, 9.17) is 28.1 Å². The van der Waals surface area contributed by atoms with Crippen molar-refractivity contribution in [2.24, 2.45) is 5.92 Å². The van der Waals surface area contributed by atoms with Gasteiger partial charge in [0, 0.05) is 31.1 Å². The molecule has 9 unspecified atom stereocenters. The van der Waals surface area contributed by atoms with Gasteiger partial charge in [-0.15, -0.1) is 0 Å². The third-order valence-corrected chi connectivity index (χ3v) is 15.7. The number of epoxide rings is 1. The van der Waals surface area contributed by atoms with Crippen LogP contribution in [0.1, 0.15) is 89.9 Å². The van der Waals surface area contributed by atoms with Crippen molar-refractivity contribution in [1.82, 2.24) is 0 Å². The Morgan fingerprint density at radius 3 is 2.51 bits per heavy atom. The zero-order valence-corrected chi connectivity index (χ0v) is 34.4. The molecule has 11 nitrogen and oxygen atoms in total. The molecule has 0 radical (unpaired) electrons. The summed E-state index contributed by atoms with van der Waals surface area (Å²) in [5, 5.41) is 11.1. The Kier molecular flexibility index (Phi) is 14.3. The molecule has 0 aromatic heterocycles. The van der Waals surface area contributed by atoms with E-state index in [2.05, 4.69) is 66.4 Å². The Bertz CT molecular complexity index is 1660. The highest BCUT2D eigenvalue weighted by Crippen LogP contribution is 2.41. The van der Waals surface area contributed by atoms with Gasteiger partial charge in [-0.3, -0.25) is 10.1 Å². The lowest BCUT2D eigenvalue weighted by atomic mass is 9.90. The van der Waals surface area contributed by atoms with Gasteiger partial charge >= 0.3 is 11.9 Å². The van der Waals surface area contributed by atoms with Crippen molar-refractivity contribution in [2.45, 2.75) is 147 Å². The van der Waals surface area contributed by atoms with Crippen LogP contribution in [0.5, 0.6) is 0 Å². The van der Waals surface area contributed by atoms with E-state index in [-0.39, 0.29) is 40.5 Å². The van der Waals surface area contributed by atoms with E-state index in [1.165, 1.54) is 35.9 Å². The molecule has 1 fully saturated rings. The molecule has 5 rings (SSSR count). The molecular weight excluding hydrogens is 719 g/mol. The Labute approximate surface area is 327 Å². The number of nitro groups is 1. The van der Waals surface area contributed by atoms with E-state index in [0.717, 1.165) is 24.8 Å². The standard InChI is InChI=1S/C43H59NO10Si/c1-28-21-22-49-34(24-28)19-20-36(54-55(7,8)43(4,5)6)37-27-39-41(52-39)38(53-42(46)31-15-17-32(18-16-31)44(47)48)26-30(3)23-29(2)25-35-13-9-11-33(50-35)12-10-14-40(45)51-37/h9-11,14-21,29,33-39,41H,3,12-13,22-27H2,1-2,4-8H3/b14-10-,20-19+. The fourth-order valence-electron chi connectivity index (χ4n) is 7.08. The second-order valence-corrected chi connectivity index (χ2v) is 21.8. The first-order chi connectivity index (χ1) is 26.0. The first kappa shape index (κ1) is 42.5. The number of carbonyl (C=O) groups excluding carboxylic acids is 2. The van der Waals surface area contributed by atoms with Gasteiger partial charge in [0.2, 0.25) is 0 Å². The van der Waals surface area contributed by atoms with Crippen LogP contribution in [-0.4, -0.2) is 80.6 Å². The van der Waals surface area contributed by atoms with E-state index in [0.29, 0.717) is 32.3 Å². The van der Waals surface area contributed by atoms with Crippen LogP contribution in [0, 0.1) is 16.0 Å². The molecule has 0 saturated carbocycles. The number of fused-ring (bicyclic) bond motifs is 3. The maximum absolute atomic E-state index is 13.6. The average molecular weight is 778 g/mol. The average Bonchev–Trinajstić information content (AvgIpc) is 3.88. The normalized spacial score (nSPS) is 30.9. The molecule has 0 amide bonds. The Hall–Kier alpha value is -3.68. The zero-order valence-electron chi connectivity index (χ0n) is 33.4. The van der Waals surface area contributed by atoms with Crippen molar-refractivity contribution < 1.29 is 42.6 Å². The van der Waals surface area contributed by atoms with Crippen LogP contribution in [0.25, 0.3) is 0 Å². The maximum atomic E-state index is 13.6. The molecule has 0 spiro atoms. The first-order valence-corrected chi connectivity index (χ1v) is 22.5. The molecule has 300 valence electrons. The van der Waals surface area contributed by atoms with Crippen LogP contribution in [0.3, 0.4) is 0 Å². The van der Waals surface area contributed by atoms with Crippen LogP contribution in [-0.2, 0) is 32.9 Å². The summed E-state index contributed by atoms with van der Waals surface area (Å²) in [5.74, 6) is -0.849. The zero-order chi connectivity index (χ0) is 39.9. The molecule has 0 N–H and O–H groups in total. The summed E-state index contributed by atoms with van der Waals surface area (Å²) in [6.07, 6.45) is 14.6. The van der Waals surface area contributed by atoms with Gasteiger partial charge in [0.1, 0.15) is 24.4 Å². The van der Waals surface area contributed by atoms with Gasteiger partial charge in [-0.25, -0.2) is 9.59 Å². The van der Waals surface area contributed by atoms with Crippen molar-refractivity contribution >= 4 is 25.9 Å². The quantitative estimate of drug-likeness (QED) is 0.0629. The minimum Gasteiger partial charge on any atom is -0.456 e. The SMILES string of the molecule is C=C1CC(C)CC2CC=CC(C/C=C\C(=O)OC(C(/C=C/C3CC(C)=CCO3)O[Si](C)(C)C(C)(C)C)CC3OC3C(OC(=O)c3ccc([N+](=O)[O-])cc3)C1)O2. The van der Waals surface area contributed by atoms with E-state index in [1.807, 2.05) is 18.2 Å². The Morgan fingerprint density at radius 2 is 1.82 bits per heavy atom. The smallest absolute Gasteiger partial charge is 0.338 e. The summed E-state index contributed by atoms with van der Waals surface area (Å²) in [4.78, 5) is 37.8. The lowest BCUT2D eigenvalue weighted by molar-refractivity contribution is -0.384. The Balaban J connectivity index is 1.45. The van der Waals surface area contributed by atoms with Crippen molar-refractivity contribution in [3.63, 3.8) is 0 Å². The highest BCUT2D eigenvalue weighted by molar-refractivity contribution is 6.74. The van der Waals surface area contributed by atoms with Gasteiger partial charge in [0.05, 0.1) is 41.5 Å². The topological polar surface area (TPSA) is 136 Å². The number of carbonyl (C=O) groups is 2. The minimum absolute atomic E-state index is 0.0285. The van der Waals surface area contributed by atoms with Crippen LogP contribution in [0.2, 0.25) is 18.1 Å². The molecular formula is C43H59NO10Si. The molecule has 9 atom stereocenters. The van der Waals surface area contributed by atoms with Crippen LogP contribution < -0.4 is 0 Å². The predicted molar refractivity (Wildman–Crippen MR) is 213 cm³/mol. The van der Waals surface area contributed by atoms with Crippen molar-refractivity contribution in [1.29, 1.82) is 0 Å². The third kappa shape index (κ3) is 12.4. The van der Waals surface area contributed by atoms with Crippen LogP contribution in [0.15, 0.2) is 84.5 Å². The van der Waals surface area contributed by atoms with Gasteiger partial charge < -0.3 is 28.1 Å². The number of cyclic esters (lactones) is 1. The fraction of sp³-hybridized carbons (Fsp3) is 0.581. The first-order valence-electron chi connectivity index (χ1n) is 19.6. The number of nitrogens with zero attached hydrogens (tertiary/aromatic N) is 1. The highest BCUT2D eigenvalue weighted by Gasteiger charge is 2.50. The number of nitro benzene ring substituents is 1. The summed E-state index contributed by atoms with van der Waals surface area (Å²) in [6, 6.07) is 5.34. The number of rotatable bonds is 8. The summed E-state index contributed by atoms with van der Waals surface area (Å²) < 4.78 is 38.1. The molecule has 2 bridgehead atoms. The number of hydrogen-bond donors (Lipinski definition) is 0. The lowest BCUT2D eigenvalue weighted by Gasteiger charge is -2.40. The number of hydrogen-bond acceptors (Lipinski definition) is 10. The van der Waals surface area contributed by atoms with E-state index in [9.17, 15) is 19.7 Å². The van der Waals surface area contributed by atoms with E-state index < -0.39 is 55.7 Å². The van der Waals surface area contributed by atoms with Gasteiger partial charge in [0.25, 0.3) is 5.69 Å². The van der Waals surface area contributed by atoms with Gasteiger partial charge in [-0.05, 0) is 75.2 Å². The highest BCUT2D eigenvalue weighted by atomic mass is 28.4. The molecule has 55 heavy (non-hydrogen) atoms. The second-order valence-electron chi connectivity index (χ2n) is 17.0. The minimum atomic E-state index is -2.40. The lowest BCUT2D eigenvalue weighted by Crippen LogP contribution is -2.47. The molecule has 4 aliphatic heterocycles. The summed E-state index contributed by atoms with van der Waals surface area (Å²) in [7, 11) is -2.40. The van der Waals surface area contributed by atoms with E-state index in [1.54, 1.807) is 6.08 Å². The van der Waals surface area contributed by atoms with Crippen molar-refractivity contribution in [3.05, 3.63) is 100 Å².